The summed E-state index contributed by atoms with van der Waals surface area (Å²) in [7, 11) is 2.28. The van der Waals surface area contributed by atoms with Crippen molar-refractivity contribution < 1.29 is 13.6 Å². The molecular formula is C27H40FNO2Si. The van der Waals surface area contributed by atoms with Crippen LogP contribution in [0, 0.1) is 5.41 Å². The van der Waals surface area contributed by atoms with Gasteiger partial charge in [0, 0.05) is 11.1 Å². The van der Waals surface area contributed by atoms with Crippen molar-refractivity contribution in [3.63, 3.8) is 0 Å². The summed E-state index contributed by atoms with van der Waals surface area (Å²) in [6.07, 6.45) is 4.45. The maximum absolute atomic E-state index is 15.9. The van der Waals surface area contributed by atoms with Crippen LogP contribution in [-0.2, 0) is 9.84 Å². The van der Waals surface area contributed by atoms with Crippen molar-refractivity contribution in [3.8, 4) is 5.75 Å². The third-order valence-corrected chi connectivity index (χ3v) is 7.06. The van der Waals surface area contributed by atoms with Crippen LogP contribution in [0.15, 0.2) is 66.5 Å². The van der Waals surface area contributed by atoms with Gasteiger partial charge in [0.25, 0.3) is 0 Å². The molecule has 2 aromatic carbocycles. The monoisotopic (exact) mass is 457 g/mol. The van der Waals surface area contributed by atoms with Crippen LogP contribution >= 0.6 is 0 Å². The molecular weight excluding hydrogens is 417 g/mol. The number of halogens is 1. The molecule has 2 unspecified atom stereocenters. The fraction of sp³-hybridized carbons (Fsp3) is 0.481. The predicted molar refractivity (Wildman–Crippen MR) is 137 cm³/mol. The molecule has 0 heterocycles. The Balaban J connectivity index is 2.36. The largest absolute Gasteiger partial charge is 0.497 e. The summed E-state index contributed by atoms with van der Waals surface area (Å²) >= 11 is 0. The summed E-state index contributed by atoms with van der Waals surface area (Å²) in [5.41, 5.74) is 1.47. The molecule has 0 aliphatic rings. The first-order chi connectivity index (χ1) is 15.2. The fourth-order valence-corrected chi connectivity index (χ4v) is 5.19. The molecule has 0 aliphatic carbocycles. The van der Waals surface area contributed by atoms with Crippen LogP contribution in [-0.4, -0.2) is 29.7 Å². The molecule has 0 amide bonds. The summed E-state index contributed by atoms with van der Waals surface area (Å²) in [5.74, 6) is 0.612. The van der Waals surface area contributed by atoms with Crippen molar-refractivity contribution in [1.29, 1.82) is 0 Å². The van der Waals surface area contributed by atoms with Crippen LogP contribution < -0.4 is 10.1 Å². The molecule has 0 saturated carbocycles. The molecule has 2 rings (SSSR count). The molecule has 32 heavy (non-hydrogen) atoms. The summed E-state index contributed by atoms with van der Waals surface area (Å²) in [5, 5.41) is 3.44. The van der Waals surface area contributed by atoms with E-state index in [-0.39, 0.29) is 17.3 Å². The van der Waals surface area contributed by atoms with Crippen molar-refractivity contribution in [1.82, 2.24) is 0 Å². The highest BCUT2D eigenvalue weighted by molar-refractivity contribution is 5.98. The van der Waals surface area contributed by atoms with Gasteiger partial charge >= 0.3 is 0 Å². The van der Waals surface area contributed by atoms with E-state index >= 15 is 4.39 Å². The Kier molecular flexibility index (Phi) is 9.53. The zero-order valence-corrected chi connectivity index (χ0v) is 22.7. The standard InChI is InChI=1S/C27H40FNO2Si/c1-7-19-26(2,3)24(31-32)18-17-23(28)25(27(4,5)20-11-9-8-10-12-20)29-21-13-15-22(30-6)16-14-21/h8-17,24-25,29H,7,18-19H2,1-6,32H3/b23-17+. The minimum absolute atomic E-state index is 0.0150. The number of nitrogens with one attached hydrogen (secondary N) is 1. The lowest BCUT2D eigenvalue weighted by atomic mass is 9.76. The normalized spacial score (nSPS) is 14.8. The van der Waals surface area contributed by atoms with Crippen molar-refractivity contribution in [2.24, 2.45) is 5.41 Å². The van der Waals surface area contributed by atoms with E-state index in [1.165, 1.54) is 0 Å². The number of hydrogen-bond donors (Lipinski definition) is 1. The molecule has 0 saturated heterocycles. The maximum atomic E-state index is 15.9. The Bertz CT molecular complexity index is 850. The first-order valence-corrected chi connectivity index (χ1v) is 12.3. The highest BCUT2D eigenvalue weighted by Crippen LogP contribution is 2.36. The number of hydrogen-bond acceptors (Lipinski definition) is 3. The number of ether oxygens (including phenoxy) is 1. The molecule has 5 heteroatoms. The first-order valence-electron chi connectivity index (χ1n) is 11.5. The van der Waals surface area contributed by atoms with Crippen LogP contribution in [0.5, 0.6) is 5.75 Å². The van der Waals surface area contributed by atoms with Crippen molar-refractivity contribution >= 4 is 16.2 Å². The molecule has 0 aromatic heterocycles. The zero-order valence-electron chi connectivity index (χ0n) is 20.7. The molecule has 0 bridgehead atoms. The Morgan fingerprint density at radius 2 is 1.69 bits per heavy atom. The zero-order chi connectivity index (χ0) is 23.8. The third kappa shape index (κ3) is 6.69. The summed E-state index contributed by atoms with van der Waals surface area (Å²) in [6.45, 7) is 10.8. The molecule has 2 aromatic rings. The molecule has 1 N–H and O–H groups in total. The number of benzene rings is 2. The van der Waals surface area contributed by atoms with Gasteiger partial charge in [0.15, 0.2) is 0 Å². The third-order valence-electron chi connectivity index (χ3n) is 6.49. The fourth-order valence-electron chi connectivity index (χ4n) is 4.36. The van der Waals surface area contributed by atoms with Gasteiger partial charge in [-0.2, -0.15) is 0 Å². The van der Waals surface area contributed by atoms with Gasteiger partial charge in [-0.15, -0.1) is 0 Å². The van der Waals surface area contributed by atoms with E-state index in [1.807, 2.05) is 42.5 Å². The molecule has 2 atom stereocenters. The van der Waals surface area contributed by atoms with Gasteiger partial charge in [-0.1, -0.05) is 71.4 Å². The predicted octanol–water partition coefficient (Wildman–Crippen LogP) is 6.19. The van der Waals surface area contributed by atoms with Gasteiger partial charge in [0.05, 0.1) is 19.3 Å². The maximum Gasteiger partial charge on any atom is 0.146 e. The lowest BCUT2D eigenvalue weighted by Gasteiger charge is -2.36. The topological polar surface area (TPSA) is 30.5 Å². The molecule has 176 valence electrons. The van der Waals surface area contributed by atoms with Gasteiger partial charge in [-0.05, 0) is 54.2 Å². The minimum atomic E-state index is -0.526. The lowest BCUT2D eigenvalue weighted by Crippen LogP contribution is -2.40. The molecule has 3 nitrogen and oxygen atoms in total. The second kappa shape index (κ2) is 11.7. The van der Waals surface area contributed by atoms with E-state index in [4.69, 9.17) is 9.16 Å². The van der Waals surface area contributed by atoms with Crippen LogP contribution in [0.25, 0.3) is 0 Å². The van der Waals surface area contributed by atoms with Crippen molar-refractivity contribution in [2.75, 3.05) is 12.4 Å². The summed E-state index contributed by atoms with van der Waals surface area (Å²) < 4.78 is 27.0. The Morgan fingerprint density at radius 3 is 2.22 bits per heavy atom. The number of rotatable bonds is 12. The van der Waals surface area contributed by atoms with E-state index < -0.39 is 11.5 Å². The van der Waals surface area contributed by atoms with E-state index in [9.17, 15) is 0 Å². The van der Waals surface area contributed by atoms with Gasteiger partial charge in [0.1, 0.15) is 22.1 Å². The van der Waals surface area contributed by atoms with Crippen LogP contribution in [0.1, 0.15) is 59.4 Å². The Hall–Kier alpha value is -2.11. The van der Waals surface area contributed by atoms with E-state index in [2.05, 4.69) is 52.1 Å². The molecule has 0 radical (unpaired) electrons. The van der Waals surface area contributed by atoms with Gasteiger partial charge in [0.2, 0.25) is 0 Å². The summed E-state index contributed by atoms with van der Waals surface area (Å²) in [6, 6.07) is 17.2. The first kappa shape index (κ1) is 26.1. The van der Waals surface area contributed by atoms with Gasteiger partial charge < -0.3 is 14.5 Å². The van der Waals surface area contributed by atoms with Crippen molar-refractivity contribution in [3.05, 3.63) is 72.1 Å². The molecule has 0 aliphatic heterocycles. The van der Waals surface area contributed by atoms with Crippen LogP contribution in [0.4, 0.5) is 10.1 Å². The Labute approximate surface area is 197 Å². The van der Waals surface area contributed by atoms with E-state index in [0.717, 1.165) is 29.8 Å². The highest BCUT2D eigenvalue weighted by atomic mass is 28.2. The average Bonchev–Trinajstić information content (AvgIpc) is 2.78. The lowest BCUT2D eigenvalue weighted by molar-refractivity contribution is 0.0760. The van der Waals surface area contributed by atoms with Gasteiger partial charge in [-0.3, -0.25) is 0 Å². The van der Waals surface area contributed by atoms with Crippen LogP contribution in [0.2, 0.25) is 0 Å². The number of methoxy groups -OCH3 is 1. The molecule has 0 fully saturated rings. The van der Waals surface area contributed by atoms with E-state index in [0.29, 0.717) is 16.9 Å². The SMILES string of the molecule is CCCC(C)(C)C(C/C=C(/F)C(Nc1ccc(OC)cc1)C(C)(C)c1ccccc1)O[SiH3]. The van der Waals surface area contributed by atoms with E-state index in [1.54, 1.807) is 13.2 Å². The number of anilines is 1. The second-order valence-electron chi connectivity index (χ2n) is 9.68. The van der Waals surface area contributed by atoms with Crippen LogP contribution in [0.3, 0.4) is 0 Å². The smallest absolute Gasteiger partial charge is 0.146 e. The quantitative estimate of drug-likeness (QED) is 0.386. The Morgan fingerprint density at radius 1 is 1.06 bits per heavy atom. The minimum Gasteiger partial charge on any atom is -0.497 e. The van der Waals surface area contributed by atoms with Crippen molar-refractivity contribution in [2.45, 2.75) is 71.4 Å². The average molecular weight is 458 g/mol. The van der Waals surface area contributed by atoms with Gasteiger partial charge in [-0.25, -0.2) is 4.39 Å². The second-order valence-corrected chi connectivity index (χ2v) is 10.2. The highest BCUT2D eigenvalue weighted by Gasteiger charge is 2.35. The summed E-state index contributed by atoms with van der Waals surface area (Å²) in [4.78, 5) is 0. The molecule has 0 spiro atoms.